The minimum absolute atomic E-state index is 0.0766. The van der Waals surface area contributed by atoms with Crippen LogP contribution in [-0.2, 0) is 19.1 Å². The molecule has 0 heterocycles. The van der Waals surface area contributed by atoms with Crippen LogP contribution in [0.15, 0.2) is 23.8 Å². The van der Waals surface area contributed by atoms with Gasteiger partial charge in [-0.15, -0.1) is 0 Å². The molecule has 0 saturated heterocycles. The minimum atomic E-state index is -3.86. The summed E-state index contributed by atoms with van der Waals surface area (Å²) in [6.45, 7) is 8.82. The molecule has 2 N–H and O–H groups in total. The zero-order chi connectivity index (χ0) is 25.7. The highest BCUT2D eigenvalue weighted by molar-refractivity contribution is 7.86. The summed E-state index contributed by atoms with van der Waals surface area (Å²) < 4.78 is 44.5. The van der Waals surface area contributed by atoms with E-state index in [1.165, 1.54) is 6.42 Å². The van der Waals surface area contributed by atoms with E-state index in [1.54, 1.807) is 13.8 Å². The number of alkyl halides is 1. The molecule has 0 aromatic rings. The van der Waals surface area contributed by atoms with Gasteiger partial charge in [0.15, 0.2) is 11.5 Å². The van der Waals surface area contributed by atoms with Crippen molar-refractivity contribution in [3.05, 3.63) is 23.8 Å². The van der Waals surface area contributed by atoms with Gasteiger partial charge in [-0.1, -0.05) is 57.9 Å². The molecule has 3 saturated carbocycles. The van der Waals surface area contributed by atoms with Gasteiger partial charge in [0.2, 0.25) is 0 Å². The molecular formula is C26H41FO6S. The van der Waals surface area contributed by atoms with E-state index >= 15 is 4.39 Å². The quantitative estimate of drug-likeness (QED) is 0.445. The second-order valence-corrected chi connectivity index (χ2v) is 12.9. The number of carbonyl (C=O) groups excluding carboxylic acids is 1. The van der Waals surface area contributed by atoms with Crippen LogP contribution in [-0.4, -0.2) is 54.7 Å². The van der Waals surface area contributed by atoms with E-state index in [-0.39, 0.29) is 12.3 Å². The number of aliphatic hydroxyl groups is 2. The van der Waals surface area contributed by atoms with Crippen molar-refractivity contribution in [1.82, 2.24) is 0 Å². The third-order valence-electron chi connectivity index (χ3n) is 9.11. The Bertz CT molecular complexity index is 976. The molecule has 0 aromatic carbocycles. The third-order valence-corrected chi connectivity index (χ3v) is 9.65. The molecule has 0 unspecified atom stereocenters. The van der Waals surface area contributed by atoms with Crippen LogP contribution in [0, 0.1) is 28.6 Å². The first kappa shape index (κ1) is 27.5. The maximum absolute atomic E-state index is 17.0. The minimum Gasteiger partial charge on any atom is -0.390 e. The molecule has 194 valence electrons. The van der Waals surface area contributed by atoms with Crippen molar-refractivity contribution < 1.29 is 32.0 Å². The molecular weight excluding hydrogens is 459 g/mol. The monoisotopic (exact) mass is 500 g/mol. The van der Waals surface area contributed by atoms with Gasteiger partial charge >= 0.3 is 0 Å². The van der Waals surface area contributed by atoms with E-state index in [2.05, 4.69) is 19.9 Å². The number of fused-ring (bicyclic) bond motifs is 5. The second-order valence-electron chi connectivity index (χ2n) is 11.2. The fourth-order valence-electron chi connectivity index (χ4n) is 7.55. The number of hydrogen-bond donors (Lipinski definition) is 2. The highest BCUT2D eigenvalue weighted by Crippen LogP contribution is 2.70. The molecule has 0 spiro atoms. The Morgan fingerprint density at radius 3 is 2.47 bits per heavy atom. The van der Waals surface area contributed by atoms with Gasteiger partial charge in [0.05, 0.1) is 12.4 Å². The van der Waals surface area contributed by atoms with Crippen LogP contribution in [0.25, 0.3) is 0 Å². The Morgan fingerprint density at radius 1 is 1.26 bits per heavy atom. The third kappa shape index (κ3) is 3.84. The lowest BCUT2D eigenvalue weighted by Gasteiger charge is -2.62. The average molecular weight is 501 g/mol. The Balaban J connectivity index is 0.00000103. The van der Waals surface area contributed by atoms with Crippen LogP contribution < -0.4 is 0 Å². The predicted molar refractivity (Wildman–Crippen MR) is 129 cm³/mol. The Hall–Kier alpha value is -1.09. The van der Waals surface area contributed by atoms with Gasteiger partial charge in [0, 0.05) is 16.7 Å². The summed E-state index contributed by atoms with van der Waals surface area (Å²) in [7, 11) is -3.86. The number of halogens is 1. The first-order valence-electron chi connectivity index (χ1n) is 12.5. The lowest BCUT2D eigenvalue weighted by atomic mass is 9.44. The molecule has 6 nitrogen and oxygen atoms in total. The molecule has 4 aliphatic carbocycles. The van der Waals surface area contributed by atoms with Crippen LogP contribution in [0.1, 0.15) is 73.1 Å². The van der Waals surface area contributed by atoms with E-state index in [0.717, 1.165) is 18.2 Å². The van der Waals surface area contributed by atoms with Crippen LogP contribution in [0.2, 0.25) is 0 Å². The lowest BCUT2D eigenvalue weighted by Crippen LogP contribution is -2.69. The fourth-order valence-corrected chi connectivity index (χ4v) is 7.87. The van der Waals surface area contributed by atoms with Crippen molar-refractivity contribution in [2.45, 2.75) is 90.5 Å². The van der Waals surface area contributed by atoms with Crippen molar-refractivity contribution in [1.29, 1.82) is 0 Å². The average Bonchev–Trinajstić information content (AvgIpc) is 2.94. The van der Waals surface area contributed by atoms with Gasteiger partial charge in [-0.3, -0.25) is 8.98 Å². The van der Waals surface area contributed by atoms with E-state index in [0.29, 0.717) is 19.3 Å². The molecule has 34 heavy (non-hydrogen) atoms. The summed E-state index contributed by atoms with van der Waals surface area (Å²) in [5.41, 5.74) is -4.78. The number of aliphatic hydroxyl groups excluding tert-OH is 1. The number of ketones is 1. The molecule has 0 amide bonds. The van der Waals surface area contributed by atoms with Gasteiger partial charge in [0.25, 0.3) is 10.1 Å². The van der Waals surface area contributed by atoms with Crippen molar-refractivity contribution in [2.75, 3.05) is 12.9 Å². The van der Waals surface area contributed by atoms with Crippen LogP contribution >= 0.6 is 0 Å². The molecule has 0 aromatic heterocycles. The normalized spacial score (nSPS) is 45.3. The second kappa shape index (κ2) is 9.09. The molecule has 8 atom stereocenters. The van der Waals surface area contributed by atoms with E-state index in [1.807, 2.05) is 19.1 Å². The van der Waals surface area contributed by atoms with E-state index < -0.39 is 62.5 Å². The van der Waals surface area contributed by atoms with Gasteiger partial charge in [0.1, 0.15) is 12.2 Å². The van der Waals surface area contributed by atoms with Crippen molar-refractivity contribution >= 4 is 15.9 Å². The molecule has 0 bridgehead atoms. The number of carbonyl (C=O) groups is 1. The molecule has 3 fully saturated rings. The summed E-state index contributed by atoms with van der Waals surface area (Å²) in [6.07, 6.45) is 8.98. The summed E-state index contributed by atoms with van der Waals surface area (Å²) in [6, 6.07) is 0. The Kier molecular flexibility index (Phi) is 7.35. The number of Topliss-reactive ketones (excluding diaryl/α,β-unsaturated/α-hetero) is 1. The Morgan fingerprint density at radius 2 is 1.88 bits per heavy atom. The SMILES string of the molecule is CCC.C[C@H]1C[C@H]2[C@@H]3CCC4=CCC=C[C@]4(C)[C@@]3(F)[C@@H](O)C[C@]2(C)[C@@]1(O)C(=O)COS(C)(=O)=O. The van der Waals surface area contributed by atoms with Crippen LogP contribution in [0.5, 0.6) is 0 Å². The van der Waals surface area contributed by atoms with Crippen molar-refractivity contribution in [3.63, 3.8) is 0 Å². The highest BCUT2D eigenvalue weighted by Gasteiger charge is 2.75. The smallest absolute Gasteiger partial charge is 0.264 e. The first-order chi connectivity index (χ1) is 15.6. The summed E-state index contributed by atoms with van der Waals surface area (Å²) in [5, 5.41) is 22.9. The molecule has 4 aliphatic rings. The molecule has 0 aliphatic heterocycles. The highest BCUT2D eigenvalue weighted by atomic mass is 32.2. The van der Waals surface area contributed by atoms with Gasteiger partial charge in [-0.2, -0.15) is 8.42 Å². The summed E-state index contributed by atoms with van der Waals surface area (Å²) in [4.78, 5) is 13.1. The van der Waals surface area contributed by atoms with Crippen LogP contribution in [0.3, 0.4) is 0 Å². The zero-order valence-electron chi connectivity index (χ0n) is 21.3. The lowest BCUT2D eigenvalue weighted by molar-refractivity contribution is -0.219. The maximum atomic E-state index is 17.0. The van der Waals surface area contributed by atoms with Gasteiger partial charge in [-0.05, 0) is 50.9 Å². The number of hydrogen-bond acceptors (Lipinski definition) is 6. The van der Waals surface area contributed by atoms with E-state index in [4.69, 9.17) is 4.18 Å². The summed E-state index contributed by atoms with van der Waals surface area (Å²) in [5.74, 6) is -2.09. The molecule has 4 rings (SSSR count). The van der Waals surface area contributed by atoms with Crippen molar-refractivity contribution in [2.24, 2.45) is 28.6 Å². The number of allylic oxidation sites excluding steroid dienone is 4. The standard InChI is InChI=1S/C23H33FO6S.C3H8/c1-14-11-17-16-9-8-15-7-5-6-10-20(15,2)22(16,24)18(25)12-21(17,3)23(14,27)19(26)13-30-31(4,28)29;1-3-2/h6-7,10,14,16-18,25,27H,5,8-9,11-13H2,1-4H3;3H2,1-2H3/t14-,16-,17-,18-,20-,21-,22-,23-;/m0./s1. The molecule has 0 radical (unpaired) electrons. The fraction of sp³-hybridized carbons (Fsp3) is 0.808. The predicted octanol–water partition coefficient (Wildman–Crippen LogP) is 4.12. The first-order valence-corrected chi connectivity index (χ1v) is 14.3. The summed E-state index contributed by atoms with van der Waals surface area (Å²) >= 11 is 0. The van der Waals surface area contributed by atoms with Crippen LogP contribution in [0.4, 0.5) is 4.39 Å². The van der Waals surface area contributed by atoms with Crippen molar-refractivity contribution in [3.8, 4) is 0 Å². The van der Waals surface area contributed by atoms with E-state index in [9.17, 15) is 23.4 Å². The topological polar surface area (TPSA) is 101 Å². The maximum Gasteiger partial charge on any atom is 0.264 e. The molecule has 8 heteroatoms. The Labute approximate surface area is 203 Å². The largest absolute Gasteiger partial charge is 0.390 e. The zero-order valence-corrected chi connectivity index (χ0v) is 22.1. The van der Waals surface area contributed by atoms with Gasteiger partial charge in [-0.25, -0.2) is 4.39 Å². The van der Waals surface area contributed by atoms with Gasteiger partial charge < -0.3 is 10.2 Å². The number of rotatable bonds is 4.